The van der Waals surface area contributed by atoms with Crippen molar-refractivity contribution >= 4 is 20.7 Å². The number of hydrogen-bond acceptors (Lipinski definition) is 4. The standard InChI is InChI=1S/C16H20N2O3S/c1-13(18-8-10-21-11-9-18)12-22(19,20)15-6-2-4-14-5-3-7-17-16(14)15/h2-7,13H,8-12H2,1H3/p+1/t13-/m0/s1. The number of aromatic nitrogens is 1. The minimum atomic E-state index is -3.36. The van der Waals surface area contributed by atoms with Gasteiger partial charge in [0.1, 0.15) is 18.8 Å². The van der Waals surface area contributed by atoms with Crippen molar-refractivity contribution in [1.29, 1.82) is 0 Å². The number of nitrogens with one attached hydrogen (secondary N) is 1. The van der Waals surface area contributed by atoms with E-state index < -0.39 is 9.84 Å². The number of hydrogen-bond donors (Lipinski definition) is 1. The zero-order chi connectivity index (χ0) is 15.6. The van der Waals surface area contributed by atoms with Crippen LogP contribution in [0, 0.1) is 0 Å². The zero-order valence-electron chi connectivity index (χ0n) is 12.7. The Balaban J connectivity index is 1.88. The highest BCUT2D eigenvalue weighted by molar-refractivity contribution is 7.91. The average molecular weight is 321 g/mol. The molecule has 0 radical (unpaired) electrons. The third kappa shape index (κ3) is 3.14. The fraction of sp³-hybridized carbons (Fsp3) is 0.438. The van der Waals surface area contributed by atoms with Crippen LogP contribution in [0.25, 0.3) is 10.9 Å². The summed E-state index contributed by atoms with van der Waals surface area (Å²) in [4.78, 5) is 5.89. The summed E-state index contributed by atoms with van der Waals surface area (Å²) in [6.45, 7) is 5.14. The fourth-order valence-corrected chi connectivity index (χ4v) is 4.81. The number of benzene rings is 1. The molecule has 0 bridgehead atoms. The number of sulfone groups is 1. The Kier molecular flexibility index (Phi) is 4.42. The molecule has 0 spiro atoms. The van der Waals surface area contributed by atoms with Crippen molar-refractivity contribution in [3.63, 3.8) is 0 Å². The van der Waals surface area contributed by atoms with E-state index in [2.05, 4.69) is 4.98 Å². The first-order valence-corrected chi connectivity index (χ1v) is 9.22. The molecule has 1 atom stereocenters. The van der Waals surface area contributed by atoms with Gasteiger partial charge in [-0.2, -0.15) is 0 Å². The van der Waals surface area contributed by atoms with Gasteiger partial charge < -0.3 is 9.64 Å². The van der Waals surface area contributed by atoms with E-state index >= 15 is 0 Å². The number of para-hydroxylation sites is 1. The predicted molar refractivity (Wildman–Crippen MR) is 84.8 cm³/mol. The van der Waals surface area contributed by atoms with Crippen LogP contribution in [0.2, 0.25) is 0 Å². The molecule has 6 heteroatoms. The number of fused-ring (bicyclic) bond motifs is 1. The number of pyridine rings is 1. The first-order valence-electron chi connectivity index (χ1n) is 7.57. The Morgan fingerprint density at radius 3 is 2.73 bits per heavy atom. The van der Waals surface area contributed by atoms with E-state index in [0.717, 1.165) is 18.5 Å². The van der Waals surface area contributed by atoms with Gasteiger partial charge in [-0.25, -0.2) is 8.42 Å². The first kappa shape index (κ1) is 15.4. The first-order chi connectivity index (χ1) is 10.6. The highest BCUT2D eigenvalue weighted by atomic mass is 32.2. The van der Waals surface area contributed by atoms with E-state index in [9.17, 15) is 8.42 Å². The number of quaternary nitrogens is 1. The van der Waals surface area contributed by atoms with Gasteiger partial charge >= 0.3 is 0 Å². The Morgan fingerprint density at radius 2 is 1.95 bits per heavy atom. The highest BCUT2D eigenvalue weighted by Crippen LogP contribution is 2.21. The molecule has 118 valence electrons. The molecule has 2 heterocycles. The van der Waals surface area contributed by atoms with E-state index in [1.54, 1.807) is 18.3 Å². The van der Waals surface area contributed by atoms with E-state index in [1.807, 2.05) is 25.1 Å². The maximum atomic E-state index is 12.8. The molecule has 2 aromatic rings. The Bertz CT molecular complexity index is 750. The summed E-state index contributed by atoms with van der Waals surface area (Å²) in [5.41, 5.74) is 0.564. The van der Waals surface area contributed by atoms with Gasteiger partial charge in [0.05, 0.1) is 29.7 Å². The van der Waals surface area contributed by atoms with Crippen LogP contribution < -0.4 is 4.90 Å². The van der Waals surface area contributed by atoms with Crippen LogP contribution in [0.3, 0.4) is 0 Å². The second-order valence-corrected chi connectivity index (χ2v) is 7.79. The van der Waals surface area contributed by atoms with Gasteiger partial charge in [0.25, 0.3) is 0 Å². The van der Waals surface area contributed by atoms with Crippen molar-refractivity contribution in [2.75, 3.05) is 32.1 Å². The average Bonchev–Trinajstić information content (AvgIpc) is 2.54. The molecule has 0 aliphatic carbocycles. The molecule has 1 fully saturated rings. The van der Waals surface area contributed by atoms with Gasteiger partial charge in [-0.1, -0.05) is 18.2 Å². The molecule has 1 aromatic carbocycles. The van der Waals surface area contributed by atoms with Gasteiger partial charge in [0.2, 0.25) is 0 Å². The topological polar surface area (TPSA) is 60.7 Å². The second kappa shape index (κ2) is 6.32. The minimum absolute atomic E-state index is 0.0490. The van der Waals surface area contributed by atoms with Gasteiger partial charge in [-0.15, -0.1) is 0 Å². The van der Waals surface area contributed by atoms with Gasteiger partial charge in [-0.05, 0) is 19.1 Å². The van der Waals surface area contributed by atoms with Crippen molar-refractivity contribution in [3.8, 4) is 0 Å². The van der Waals surface area contributed by atoms with Gasteiger partial charge in [-0.3, -0.25) is 4.98 Å². The Morgan fingerprint density at radius 1 is 1.23 bits per heavy atom. The lowest BCUT2D eigenvalue weighted by atomic mass is 10.2. The summed E-state index contributed by atoms with van der Waals surface area (Å²) in [7, 11) is -3.36. The van der Waals surface area contributed by atoms with Crippen LogP contribution in [0.5, 0.6) is 0 Å². The smallest absolute Gasteiger partial charge is 0.186 e. The Labute approximate surface area is 130 Å². The summed E-state index contributed by atoms with van der Waals surface area (Å²) < 4.78 is 31.0. The monoisotopic (exact) mass is 321 g/mol. The molecule has 1 N–H and O–H groups in total. The van der Waals surface area contributed by atoms with Crippen molar-refractivity contribution < 1.29 is 18.1 Å². The fourth-order valence-electron chi connectivity index (χ4n) is 2.99. The molecule has 3 rings (SSSR count). The summed E-state index contributed by atoms with van der Waals surface area (Å²) in [6.07, 6.45) is 1.64. The molecular weight excluding hydrogens is 300 g/mol. The number of rotatable bonds is 4. The maximum Gasteiger partial charge on any atom is 0.186 e. The van der Waals surface area contributed by atoms with Crippen LogP contribution >= 0.6 is 0 Å². The molecule has 0 saturated carbocycles. The van der Waals surface area contributed by atoms with Crippen LogP contribution in [0.1, 0.15) is 6.92 Å². The third-order valence-electron chi connectivity index (χ3n) is 4.23. The normalized spacial score (nSPS) is 18.4. The van der Waals surface area contributed by atoms with E-state index in [4.69, 9.17) is 4.74 Å². The molecule has 1 aliphatic rings. The number of ether oxygens (including phenoxy) is 1. The molecule has 22 heavy (non-hydrogen) atoms. The van der Waals surface area contributed by atoms with Crippen LogP contribution in [0.15, 0.2) is 41.4 Å². The van der Waals surface area contributed by atoms with Crippen molar-refractivity contribution in [2.24, 2.45) is 0 Å². The highest BCUT2D eigenvalue weighted by Gasteiger charge is 2.28. The lowest BCUT2D eigenvalue weighted by Crippen LogP contribution is -3.17. The summed E-state index contributed by atoms with van der Waals surface area (Å²) in [6, 6.07) is 9.08. The van der Waals surface area contributed by atoms with Crippen LogP contribution in [0.4, 0.5) is 0 Å². The summed E-state index contributed by atoms with van der Waals surface area (Å²) >= 11 is 0. The lowest BCUT2D eigenvalue weighted by Gasteiger charge is -2.29. The molecule has 0 unspecified atom stereocenters. The van der Waals surface area contributed by atoms with E-state index in [1.165, 1.54) is 4.90 Å². The molecule has 0 amide bonds. The molecule has 5 nitrogen and oxygen atoms in total. The third-order valence-corrected chi connectivity index (χ3v) is 6.17. The molecule has 1 saturated heterocycles. The quantitative estimate of drug-likeness (QED) is 0.881. The zero-order valence-corrected chi connectivity index (χ0v) is 13.5. The van der Waals surface area contributed by atoms with Crippen LogP contribution in [-0.2, 0) is 14.6 Å². The maximum absolute atomic E-state index is 12.8. The molecule has 1 aromatic heterocycles. The molecular formula is C16H21N2O3S+. The lowest BCUT2D eigenvalue weighted by molar-refractivity contribution is -0.928. The molecule has 1 aliphatic heterocycles. The van der Waals surface area contributed by atoms with Gasteiger partial charge in [0, 0.05) is 11.6 Å². The number of morpholine rings is 1. The van der Waals surface area contributed by atoms with E-state index in [-0.39, 0.29) is 11.8 Å². The predicted octanol–water partition coefficient (Wildman–Crippen LogP) is 0.312. The summed E-state index contributed by atoms with van der Waals surface area (Å²) in [5.74, 6) is 0.137. The summed E-state index contributed by atoms with van der Waals surface area (Å²) in [5, 5.41) is 0.856. The minimum Gasteiger partial charge on any atom is -0.370 e. The van der Waals surface area contributed by atoms with Gasteiger partial charge in [0.15, 0.2) is 9.84 Å². The largest absolute Gasteiger partial charge is 0.370 e. The van der Waals surface area contributed by atoms with Crippen molar-refractivity contribution in [1.82, 2.24) is 4.98 Å². The van der Waals surface area contributed by atoms with E-state index in [0.29, 0.717) is 23.6 Å². The van der Waals surface area contributed by atoms with Crippen molar-refractivity contribution in [3.05, 3.63) is 36.5 Å². The number of nitrogens with zero attached hydrogens (tertiary/aromatic N) is 1. The van der Waals surface area contributed by atoms with Crippen molar-refractivity contribution in [2.45, 2.75) is 17.9 Å². The van der Waals surface area contributed by atoms with Crippen LogP contribution in [-0.4, -0.2) is 51.5 Å². The Hall–Kier alpha value is -1.50. The second-order valence-electron chi connectivity index (χ2n) is 5.78. The SMILES string of the molecule is C[C@@H](CS(=O)(=O)c1cccc2cccnc12)[NH+]1CCOCC1.